The number of aryl methyl sites for hydroxylation is 2. The van der Waals surface area contributed by atoms with E-state index in [1.54, 1.807) is 11.5 Å². The van der Waals surface area contributed by atoms with Crippen LogP contribution in [0.5, 0.6) is 0 Å². The summed E-state index contributed by atoms with van der Waals surface area (Å²) < 4.78 is 1.69. The Labute approximate surface area is 102 Å². The van der Waals surface area contributed by atoms with Crippen molar-refractivity contribution in [1.29, 1.82) is 5.26 Å². The third-order valence-electron chi connectivity index (χ3n) is 2.80. The molecule has 0 fully saturated rings. The van der Waals surface area contributed by atoms with Crippen molar-refractivity contribution in [3.8, 4) is 6.07 Å². The molecule has 0 radical (unpaired) electrons. The van der Waals surface area contributed by atoms with Gasteiger partial charge >= 0.3 is 0 Å². The summed E-state index contributed by atoms with van der Waals surface area (Å²) in [5.41, 5.74) is 1.79. The van der Waals surface area contributed by atoms with Crippen LogP contribution < -0.4 is 5.56 Å². The molecule has 0 aliphatic carbocycles. The second-order valence-corrected chi connectivity index (χ2v) is 4.57. The van der Waals surface area contributed by atoms with Crippen LogP contribution in [-0.2, 0) is 6.54 Å². The highest BCUT2D eigenvalue weighted by Gasteiger charge is 2.09. The topological polar surface area (TPSA) is 49.0 Å². The van der Waals surface area contributed by atoms with Crippen LogP contribution in [0.25, 0.3) is 0 Å². The lowest BCUT2D eigenvalue weighted by atomic mass is 10.1. The van der Waals surface area contributed by atoms with E-state index < -0.39 is 0 Å². The molecule has 0 bridgehead atoms. The zero-order valence-electron chi connectivity index (χ0n) is 10.9. The fraction of sp³-hybridized carbons (Fsp3) is 0.538. The summed E-state index contributed by atoms with van der Waals surface area (Å²) in [7, 11) is 4.01. The van der Waals surface area contributed by atoms with E-state index in [1.165, 1.54) is 0 Å². The van der Waals surface area contributed by atoms with Crippen molar-refractivity contribution in [2.45, 2.75) is 26.8 Å². The zero-order valence-corrected chi connectivity index (χ0v) is 10.9. The lowest BCUT2D eigenvalue weighted by Gasteiger charge is -2.13. The summed E-state index contributed by atoms with van der Waals surface area (Å²) in [5.74, 6) is 0. The first-order chi connectivity index (χ1) is 7.97. The first-order valence-corrected chi connectivity index (χ1v) is 5.73. The van der Waals surface area contributed by atoms with E-state index in [0.717, 1.165) is 24.2 Å². The number of pyridine rings is 1. The van der Waals surface area contributed by atoms with Crippen LogP contribution in [0.2, 0.25) is 0 Å². The zero-order chi connectivity index (χ0) is 13.0. The molecule has 0 aromatic carbocycles. The molecule has 4 heteroatoms. The Balaban J connectivity index is 3.01. The normalized spacial score (nSPS) is 10.6. The molecule has 0 N–H and O–H groups in total. The maximum atomic E-state index is 12.0. The van der Waals surface area contributed by atoms with Gasteiger partial charge in [0, 0.05) is 12.2 Å². The number of aromatic nitrogens is 1. The summed E-state index contributed by atoms with van der Waals surface area (Å²) in [6.07, 6.45) is 0.904. The van der Waals surface area contributed by atoms with E-state index in [9.17, 15) is 4.79 Å². The fourth-order valence-corrected chi connectivity index (χ4v) is 1.89. The molecule has 1 aromatic heterocycles. The summed E-state index contributed by atoms with van der Waals surface area (Å²) in [5, 5.41) is 8.96. The van der Waals surface area contributed by atoms with Gasteiger partial charge in [0.2, 0.25) is 0 Å². The Kier molecular flexibility index (Phi) is 4.47. The summed E-state index contributed by atoms with van der Waals surface area (Å²) in [6, 6.07) is 3.89. The van der Waals surface area contributed by atoms with Gasteiger partial charge in [-0.3, -0.25) is 4.79 Å². The minimum atomic E-state index is -0.163. The van der Waals surface area contributed by atoms with Crippen molar-refractivity contribution >= 4 is 0 Å². The third kappa shape index (κ3) is 3.18. The number of nitrogens with zero attached hydrogens (tertiary/aromatic N) is 3. The first-order valence-electron chi connectivity index (χ1n) is 5.73. The third-order valence-corrected chi connectivity index (χ3v) is 2.80. The van der Waals surface area contributed by atoms with Gasteiger partial charge in [0.15, 0.2) is 0 Å². The second kappa shape index (κ2) is 5.65. The largest absolute Gasteiger partial charge is 0.312 e. The Morgan fingerprint density at radius 2 is 2.06 bits per heavy atom. The maximum absolute atomic E-state index is 12.0. The van der Waals surface area contributed by atoms with Crippen molar-refractivity contribution in [2.24, 2.45) is 0 Å². The van der Waals surface area contributed by atoms with Crippen molar-refractivity contribution in [3.63, 3.8) is 0 Å². The van der Waals surface area contributed by atoms with Crippen molar-refractivity contribution in [1.82, 2.24) is 9.47 Å². The van der Waals surface area contributed by atoms with Gasteiger partial charge in [0.05, 0.1) is 0 Å². The highest BCUT2D eigenvalue weighted by atomic mass is 16.1. The van der Waals surface area contributed by atoms with Crippen LogP contribution in [0.15, 0.2) is 10.9 Å². The minimum absolute atomic E-state index is 0.163. The summed E-state index contributed by atoms with van der Waals surface area (Å²) in [4.78, 5) is 14.1. The van der Waals surface area contributed by atoms with Crippen LogP contribution in [0.1, 0.15) is 23.2 Å². The van der Waals surface area contributed by atoms with Crippen LogP contribution in [0, 0.1) is 25.2 Å². The molecule has 1 heterocycles. The van der Waals surface area contributed by atoms with Gasteiger partial charge in [-0.2, -0.15) is 5.26 Å². The molecule has 1 aromatic rings. The van der Waals surface area contributed by atoms with Gasteiger partial charge in [0.25, 0.3) is 5.56 Å². The van der Waals surface area contributed by atoms with Gasteiger partial charge in [-0.15, -0.1) is 0 Å². The smallest absolute Gasteiger partial charge is 0.268 e. The average Bonchev–Trinajstić information content (AvgIpc) is 2.22. The van der Waals surface area contributed by atoms with Gasteiger partial charge < -0.3 is 9.47 Å². The molecule has 92 valence electrons. The first kappa shape index (κ1) is 13.5. The molecule has 4 nitrogen and oxygen atoms in total. The monoisotopic (exact) mass is 233 g/mol. The standard InChI is InChI=1S/C13H19N3O/c1-10-8-11(2)16(7-5-6-15(3)4)13(17)12(10)9-14/h8H,5-7H2,1-4H3. The van der Waals surface area contributed by atoms with Crippen LogP contribution >= 0.6 is 0 Å². The van der Waals surface area contributed by atoms with Crippen molar-refractivity contribution in [3.05, 3.63) is 33.2 Å². The molecule has 0 spiro atoms. The highest BCUT2D eigenvalue weighted by Crippen LogP contribution is 2.05. The number of rotatable bonds is 4. The Morgan fingerprint density at radius 3 is 2.59 bits per heavy atom. The second-order valence-electron chi connectivity index (χ2n) is 4.57. The van der Waals surface area contributed by atoms with Crippen LogP contribution in [-0.4, -0.2) is 30.1 Å². The number of hydrogen-bond acceptors (Lipinski definition) is 3. The maximum Gasteiger partial charge on any atom is 0.268 e. The predicted octanol–water partition coefficient (Wildman–Crippen LogP) is 1.29. The molecule has 0 atom stereocenters. The summed E-state index contributed by atoms with van der Waals surface area (Å²) >= 11 is 0. The fourth-order valence-electron chi connectivity index (χ4n) is 1.89. The van der Waals surface area contributed by atoms with Gasteiger partial charge in [-0.25, -0.2) is 0 Å². The van der Waals surface area contributed by atoms with E-state index in [2.05, 4.69) is 4.90 Å². The van der Waals surface area contributed by atoms with Crippen LogP contribution in [0.4, 0.5) is 0 Å². The van der Waals surface area contributed by atoms with Gasteiger partial charge in [-0.1, -0.05) is 0 Å². The van der Waals surface area contributed by atoms with Crippen LogP contribution in [0.3, 0.4) is 0 Å². The number of hydrogen-bond donors (Lipinski definition) is 0. The number of nitriles is 1. The van der Waals surface area contributed by atoms with Crippen molar-refractivity contribution in [2.75, 3.05) is 20.6 Å². The predicted molar refractivity (Wildman–Crippen MR) is 68.1 cm³/mol. The molecule has 0 saturated carbocycles. The Bertz CT molecular complexity index is 495. The lowest BCUT2D eigenvalue weighted by Crippen LogP contribution is -2.27. The molecular formula is C13H19N3O. The minimum Gasteiger partial charge on any atom is -0.312 e. The van der Waals surface area contributed by atoms with E-state index in [-0.39, 0.29) is 11.1 Å². The molecule has 0 aliphatic rings. The van der Waals surface area contributed by atoms with Gasteiger partial charge in [0.1, 0.15) is 11.6 Å². The molecule has 0 aliphatic heterocycles. The summed E-state index contributed by atoms with van der Waals surface area (Å²) in [6.45, 7) is 5.31. The molecule has 0 amide bonds. The molecule has 17 heavy (non-hydrogen) atoms. The van der Waals surface area contributed by atoms with E-state index in [1.807, 2.05) is 33.2 Å². The molecule has 1 rings (SSSR count). The van der Waals surface area contributed by atoms with Gasteiger partial charge in [-0.05, 0) is 52.5 Å². The Morgan fingerprint density at radius 1 is 1.41 bits per heavy atom. The van der Waals surface area contributed by atoms with E-state index in [0.29, 0.717) is 6.54 Å². The lowest BCUT2D eigenvalue weighted by molar-refractivity contribution is 0.383. The quantitative estimate of drug-likeness (QED) is 0.787. The van der Waals surface area contributed by atoms with E-state index in [4.69, 9.17) is 5.26 Å². The van der Waals surface area contributed by atoms with E-state index >= 15 is 0 Å². The molecular weight excluding hydrogens is 214 g/mol. The SMILES string of the molecule is Cc1cc(C)n(CCCN(C)C)c(=O)c1C#N. The Hall–Kier alpha value is -1.60. The highest BCUT2D eigenvalue weighted by molar-refractivity contribution is 5.36. The average molecular weight is 233 g/mol. The van der Waals surface area contributed by atoms with Crippen molar-refractivity contribution < 1.29 is 0 Å². The molecule has 0 unspecified atom stereocenters. The molecule has 0 saturated heterocycles.